The lowest BCUT2D eigenvalue weighted by Gasteiger charge is -2.28. The van der Waals surface area contributed by atoms with Crippen molar-refractivity contribution in [1.82, 2.24) is 0 Å². The van der Waals surface area contributed by atoms with Gasteiger partial charge in [-0.3, -0.25) is 0 Å². The molecule has 0 aromatic rings. The molecule has 0 aromatic carbocycles. The van der Waals surface area contributed by atoms with E-state index in [9.17, 15) is 13.2 Å². The van der Waals surface area contributed by atoms with Crippen molar-refractivity contribution in [3.05, 3.63) is 0 Å². The van der Waals surface area contributed by atoms with Crippen LogP contribution in [-0.4, -0.2) is 11.7 Å². The van der Waals surface area contributed by atoms with E-state index < -0.39 is 17.6 Å². The van der Waals surface area contributed by atoms with Gasteiger partial charge in [0.25, 0.3) is 0 Å². The minimum absolute atomic E-state index is 0.154. The van der Waals surface area contributed by atoms with Crippen LogP contribution in [0.4, 0.5) is 13.2 Å². The van der Waals surface area contributed by atoms with E-state index in [1.165, 1.54) is 0 Å². The Morgan fingerprint density at radius 3 is 2.13 bits per heavy atom. The van der Waals surface area contributed by atoms with Crippen molar-refractivity contribution in [2.75, 3.05) is 0 Å². The maximum atomic E-state index is 12.9. The number of alkyl halides is 3. The molecule has 0 radical (unpaired) electrons. The van der Waals surface area contributed by atoms with Crippen molar-refractivity contribution >= 4 is 0 Å². The van der Waals surface area contributed by atoms with Crippen LogP contribution in [0.2, 0.25) is 0 Å². The average Bonchev–Trinajstić information content (AvgIpc) is 2.67. The van der Waals surface area contributed by atoms with Gasteiger partial charge in [0.15, 0.2) is 0 Å². The second-order valence-corrected chi connectivity index (χ2v) is 5.26. The van der Waals surface area contributed by atoms with Crippen LogP contribution in [0.1, 0.15) is 44.9 Å². The predicted octanol–water partition coefficient (Wildman–Crippen LogP) is 3.24. The van der Waals surface area contributed by atoms with E-state index in [0.717, 1.165) is 38.5 Å². The normalized spacial score (nSPS) is 28.0. The molecule has 0 spiro atoms. The molecule has 4 heteroatoms. The van der Waals surface area contributed by atoms with Crippen LogP contribution in [-0.2, 0) is 0 Å². The first-order valence-corrected chi connectivity index (χ1v) is 5.76. The van der Waals surface area contributed by atoms with Crippen molar-refractivity contribution in [3.8, 4) is 0 Å². The van der Waals surface area contributed by atoms with Crippen LogP contribution < -0.4 is 5.73 Å². The second kappa shape index (κ2) is 3.65. The summed E-state index contributed by atoms with van der Waals surface area (Å²) in [7, 11) is 0. The largest absolute Gasteiger partial charge is 0.392 e. The third-order valence-corrected chi connectivity index (χ3v) is 3.91. The van der Waals surface area contributed by atoms with E-state index in [1.54, 1.807) is 0 Å². The van der Waals surface area contributed by atoms with E-state index in [-0.39, 0.29) is 12.3 Å². The molecule has 2 saturated carbocycles. The van der Waals surface area contributed by atoms with E-state index in [2.05, 4.69) is 0 Å². The zero-order valence-electron chi connectivity index (χ0n) is 8.82. The highest BCUT2D eigenvalue weighted by Gasteiger charge is 2.51. The summed E-state index contributed by atoms with van der Waals surface area (Å²) in [4.78, 5) is 0. The Kier molecular flexibility index (Phi) is 2.73. The van der Waals surface area contributed by atoms with Crippen molar-refractivity contribution in [2.24, 2.45) is 17.6 Å². The summed E-state index contributed by atoms with van der Waals surface area (Å²) in [5.41, 5.74) is 5.33. The molecule has 1 atom stereocenters. The molecule has 88 valence electrons. The van der Waals surface area contributed by atoms with Gasteiger partial charge in [-0.05, 0) is 38.0 Å². The Balaban J connectivity index is 2.01. The number of halogens is 3. The number of hydrogen-bond donors (Lipinski definition) is 1. The molecule has 0 aromatic heterocycles. The quantitative estimate of drug-likeness (QED) is 0.777. The van der Waals surface area contributed by atoms with Gasteiger partial charge in [-0.2, -0.15) is 13.2 Å². The minimum Gasteiger partial charge on any atom is -0.325 e. The van der Waals surface area contributed by atoms with Gasteiger partial charge in [-0.1, -0.05) is 12.8 Å². The fraction of sp³-hybridized carbons (Fsp3) is 1.00. The Bertz CT molecular complexity index is 226. The molecule has 0 amide bonds. The lowest BCUT2D eigenvalue weighted by molar-refractivity contribution is -0.192. The molecule has 2 aliphatic rings. The summed E-state index contributed by atoms with van der Waals surface area (Å²) in [5, 5.41) is 0. The van der Waals surface area contributed by atoms with Crippen LogP contribution in [0, 0.1) is 11.8 Å². The highest BCUT2D eigenvalue weighted by Crippen LogP contribution is 2.48. The summed E-state index contributed by atoms with van der Waals surface area (Å²) >= 11 is 0. The Labute approximate surface area is 88.2 Å². The van der Waals surface area contributed by atoms with E-state index in [1.807, 2.05) is 0 Å². The summed E-state index contributed by atoms with van der Waals surface area (Å²) < 4.78 is 38.6. The molecule has 0 heterocycles. The smallest absolute Gasteiger partial charge is 0.325 e. The first-order chi connectivity index (χ1) is 6.91. The van der Waals surface area contributed by atoms with Gasteiger partial charge < -0.3 is 5.73 Å². The van der Waals surface area contributed by atoms with Crippen molar-refractivity contribution in [2.45, 2.75) is 56.7 Å². The molecular formula is C11H18F3N. The summed E-state index contributed by atoms with van der Waals surface area (Å²) in [6, 6.07) is 0. The van der Waals surface area contributed by atoms with Crippen LogP contribution in [0.15, 0.2) is 0 Å². The second-order valence-electron chi connectivity index (χ2n) is 5.26. The zero-order chi connectivity index (χ0) is 11.1. The lowest BCUT2D eigenvalue weighted by Crippen LogP contribution is -2.36. The monoisotopic (exact) mass is 221 g/mol. The molecule has 2 rings (SSSR count). The molecule has 0 bridgehead atoms. The molecule has 0 aliphatic heterocycles. The first-order valence-electron chi connectivity index (χ1n) is 5.76. The molecule has 1 unspecified atom stereocenters. The van der Waals surface area contributed by atoms with Crippen molar-refractivity contribution in [1.29, 1.82) is 0 Å². The van der Waals surface area contributed by atoms with Gasteiger partial charge in [0, 0.05) is 5.54 Å². The van der Waals surface area contributed by atoms with Gasteiger partial charge >= 0.3 is 6.18 Å². The highest BCUT2D eigenvalue weighted by molar-refractivity contribution is 5.02. The van der Waals surface area contributed by atoms with Gasteiger partial charge in [-0.15, -0.1) is 0 Å². The van der Waals surface area contributed by atoms with Gasteiger partial charge in [-0.25, -0.2) is 0 Å². The Hall–Kier alpha value is -0.250. The Morgan fingerprint density at radius 2 is 1.73 bits per heavy atom. The topological polar surface area (TPSA) is 26.0 Å². The Morgan fingerprint density at radius 1 is 1.20 bits per heavy atom. The minimum atomic E-state index is -4.05. The fourth-order valence-electron chi connectivity index (χ4n) is 2.71. The van der Waals surface area contributed by atoms with Crippen LogP contribution >= 0.6 is 0 Å². The molecule has 2 N–H and O–H groups in total. The SMILES string of the molecule is NC1(CC(C2CCCC2)C(F)(F)F)CC1. The number of nitrogens with two attached hydrogens (primary N) is 1. The number of hydrogen-bond acceptors (Lipinski definition) is 1. The molecule has 0 saturated heterocycles. The molecule has 1 nitrogen and oxygen atoms in total. The molecular weight excluding hydrogens is 203 g/mol. The van der Waals surface area contributed by atoms with Crippen molar-refractivity contribution < 1.29 is 13.2 Å². The third-order valence-electron chi connectivity index (χ3n) is 3.91. The molecule has 2 fully saturated rings. The van der Waals surface area contributed by atoms with Crippen LogP contribution in [0.5, 0.6) is 0 Å². The predicted molar refractivity (Wildman–Crippen MR) is 52.3 cm³/mol. The summed E-state index contributed by atoms with van der Waals surface area (Å²) in [6.45, 7) is 0. The average molecular weight is 221 g/mol. The zero-order valence-corrected chi connectivity index (χ0v) is 8.82. The fourth-order valence-corrected chi connectivity index (χ4v) is 2.71. The summed E-state index contributed by atoms with van der Waals surface area (Å²) in [6.07, 6.45) is 1.02. The standard InChI is InChI=1S/C11H18F3N/c12-11(13,14)9(7-10(15)5-6-10)8-3-1-2-4-8/h8-9H,1-7,15H2. The maximum absolute atomic E-state index is 12.9. The van der Waals surface area contributed by atoms with Gasteiger partial charge in [0.2, 0.25) is 0 Å². The van der Waals surface area contributed by atoms with Crippen molar-refractivity contribution in [3.63, 3.8) is 0 Å². The van der Waals surface area contributed by atoms with E-state index in [4.69, 9.17) is 5.73 Å². The lowest BCUT2D eigenvalue weighted by atomic mass is 9.84. The van der Waals surface area contributed by atoms with Crippen LogP contribution in [0.3, 0.4) is 0 Å². The van der Waals surface area contributed by atoms with Gasteiger partial charge in [0.05, 0.1) is 5.92 Å². The van der Waals surface area contributed by atoms with E-state index >= 15 is 0 Å². The molecule has 2 aliphatic carbocycles. The molecule has 15 heavy (non-hydrogen) atoms. The highest BCUT2D eigenvalue weighted by atomic mass is 19.4. The summed E-state index contributed by atoms with van der Waals surface area (Å²) in [5.74, 6) is -1.31. The maximum Gasteiger partial charge on any atom is 0.392 e. The number of rotatable bonds is 3. The van der Waals surface area contributed by atoms with Gasteiger partial charge in [0.1, 0.15) is 0 Å². The first kappa shape index (κ1) is 11.2. The van der Waals surface area contributed by atoms with E-state index in [0.29, 0.717) is 0 Å². The van der Waals surface area contributed by atoms with Crippen LogP contribution in [0.25, 0.3) is 0 Å². The third kappa shape index (κ3) is 2.65.